The van der Waals surface area contributed by atoms with E-state index in [0.29, 0.717) is 6.54 Å². The van der Waals surface area contributed by atoms with Crippen molar-refractivity contribution >= 4 is 0 Å². The first-order valence-corrected chi connectivity index (χ1v) is 5.44. The lowest BCUT2D eigenvalue weighted by molar-refractivity contribution is 0.683. The maximum atomic E-state index is 5.67. The molecule has 0 unspecified atom stereocenters. The number of hydrogen-bond donors (Lipinski definition) is 1. The van der Waals surface area contributed by atoms with Crippen LogP contribution in [0.4, 0.5) is 0 Å². The lowest BCUT2D eigenvalue weighted by Gasteiger charge is -2.06. The summed E-state index contributed by atoms with van der Waals surface area (Å²) in [5, 5.41) is 0. The van der Waals surface area contributed by atoms with E-state index < -0.39 is 0 Å². The maximum Gasteiger partial charge on any atom is 0.0180 e. The molecule has 0 amide bonds. The van der Waals surface area contributed by atoms with Crippen molar-refractivity contribution in [3.8, 4) is 0 Å². The van der Waals surface area contributed by atoms with Gasteiger partial charge in [0, 0.05) is 6.54 Å². The second kappa shape index (κ2) is 6.61. The van der Waals surface area contributed by atoms with Crippen LogP contribution in [0.3, 0.4) is 0 Å². The van der Waals surface area contributed by atoms with E-state index in [0.717, 1.165) is 12.8 Å². The van der Waals surface area contributed by atoms with Gasteiger partial charge < -0.3 is 5.73 Å². The molecule has 0 aliphatic rings. The molecule has 0 atom stereocenters. The molecular weight excluding hydrogens is 170 g/mol. The molecule has 0 spiro atoms. The van der Waals surface area contributed by atoms with E-state index in [-0.39, 0.29) is 0 Å². The number of hydrogen-bond acceptors (Lipinski definition) is 1. The van der Waals surface area contributed by atoms with Crippen LogP contribution in [0.1, 0.15) is 36.8 Å². The molecule has 1 nitrogen and oxygen atoms in total. The fourth-order valence-electron chi connectivity index (χ4n) is 1.67. The summed E-state index contributed by atoms with van der Waals surface area (Å²) in [6.07, 6.45) is 5.99. The molecule has 14 heavy (non-hydrogen) atoms. The van der Waals surface area contributed by atoms with Crippen LogP contribution < -0.4 is 5.73 Å². The summed E-state index contributed by atoms with van der Waals surface area (Å²) in [5.41, 5.74) is 8.38. The minimum Gasteiger partial charge on any atom is -0.326 e. The summed E-state index contributed by atoms with van der Waals surface area (Å²) in [7, 11) is 0. The van der Waals surface area contributed by atoms with Crippen LogP contribution in [0.5, 0.6) is 0 Å². The quantitative estimate of drug-likeness (QED) is 0.685. The predicted molar refractivity (Wildman–Crippen MR) is 61.9 cm³/mol. The number of nitrogens with two attached hydrogens (primary N) is 1. The van der Waals surface area contributed by atoms with E-state index in [2.05, 4.69) is 31.2 Å². The Morgan fingerprint density at radius 1 is 1.00 bits per heavy atom. The van der Waals surface area contributed by atoms with Crippen LogP contribution >= 0.6 is 0 Å². The molecule has 0 saturated heterocycles. The van der Waals surface area contributed by atoms with E-state index in [1.54, 1.807) is 0 Å². The molecule has 1 rings (SSSR count). The second-order valence-electron chi connectivity index (χ2n) is 3.64. The standard InChI is InChI=1S/C13H20N/c1-2-3-4-5-8-12-9-6-7-10-13(12)11-14/h6-7,9-10H,1-5,8,11,14H2. The maximum absolute atomic E-state index is 5.67. The van der Waals surface area contributed by atoms with Crippen LogP contribution in [0, 0.1) is 6.92 Å². The molecule has 1 heteroatoms. The minimum absolute atomic E-state index is 0.658. The molecular formula is C13H20N. The van der Waals surface area contributed by atoms with Gasteiger partial charge in [-0.1, -0.05) is 50.5 Å². The van der Waals surface area contributed by atoms with Crippen molar-refractivity contribution in [1.82, 2.24) is 0 Å². The molecule has 0 aliphatic carbocycles. The highest BCUT2D eigenvalue weighted by atomic mass is 14.5. The Morgan fingerprint density at radius 3 is 2.36 bits per heavy atom. The summed E-state index contributed by atoms with van der Waals surface area (Å²) in [6.45, 7) is 4.50. The molecule has 0 fully saturated rings. The van der Waals surface area contributed by atoms with Gasteiger partial charge in [-0.05, 0) is 24.0 Å². The molecule has 77 valence electrons. The number of aryl methyl sites for hydroxylation is 1. The van der Waals surface area contributed by atoms with Gasteiger partial charge >= 0.3 is 0 Å². The smallest absolute Gasteiger partial charge is 0.0180 e. The van der Waals surface area contributed by atoms with Gasteiger partial charge in [0.1, 0.15) is 0 Å². The summed E-state index contributed by atoms with van der Waals surface area (Å²) < 4.78 is 0. The summed E-state index contributed by atoms with van der Waals surface area (Å²) >= 11 is 0. The van der Waals surface area contributed by atoms with E-state index in [1.165, 1.54) is 30.4 Å². The molecule has 1 radical (unpaired) electrons. The molecule has 0 heterocycles. The predicted octanol–water partition coefficient (Wildman–Crippen LogP) is 3.08. The first-order chi connectivity index (χ1) is 6.88. The van der Waals surface area contributed by atoms with Crippen molar-refractivity contribution in [3.05, 3.63) is 42.3 Å². The molecule has 2 N–H and O–H groups in total. The van der Waals surface area contributed by atoms with Gasteiger partial charge in [-0.3, -0.25) is 0 Å². The Balaban J connectivity index is 2.41. The second-order valence-corrected chi connectivity index (χ2v) is 3.64. The third-order valence-electron chi connectivity index (χ3n) is 2.53. The van der Waals surface area contributed by atoms with E-state index in [4.69, 9.17) is 5.73 Å². The Labute approximate surface area is 87.3 Å². The average molecular weight is 190 g/mol. The molecule has 1 aromatic rings. The molecule has 0 aromatic heterocycles. The highest BCUT2D eigenvalue weighted by Crippen LogP contribution is 2.12. The summed E-state index contributed by atoms with van der Waals surface area (Å²) in [4.78, 5) is 0. The highest BCUT2D eigenvalue weighted by molar-refractivity contribution is 5.26. The molecule has 0 bridgehead atoms. The SMILES string of the molecule is [CH2]CCCCCc1ccccc1CN. The monoisotopic (exact) mass is 190 g/mol. The van der Waals surface area contributed by atoms with Crippen molar-refractivity contribution in [2.75, 3.05) is 0 Å². The van der Waals surface area contributed by atoms with Gasteiger partial charge in [0.25, 0.3) is 0 Å². The van der Waals surface area contributed by atoms with Crippen LogP contribution in [0.15, 0.2) is 24.3 Å². The largest absolute Gasteiger partial charge is 0.326 e. The Morgan fingerprint density at radius 2 is 1.71 bits per heavy atom. The molecule has 0 saturated carbocycles. The van der Waals surface area contributed by atoms with Crippen LogP contribution in [0.2, 0.25) is 0 Å². The first kappa shape index (κ1) is 11.3. The van der Waals surface area contributed by atoms with Gasteiger partial charge in [-0.15, -0.1) is 0 Å². The van der Waals surface area contributed by atoms with Gasteiger partial charge in [-0.2, -0.15) is 0 Å². The third kappa shape index (κ3) is 3.51. The first-order valence-electron chi connectivity index (χ1n) is 5.44. The van der Waals surface area contributed by atoms with Crippen molar-refractivity contribution in [2.24, 2.45) is 5.73 Å². The Bertz CT molecular complexity index is 255. The van der Waals surface area contributed by atoms with Crippen LogP contribution in [0.25, 0.3) is 0 Å². The molecule has 1 aromatic carbocycles. The fraction of sp³-hybridized carbons (Fsp3) is 0.462. The average Bonchev–Trinajstić information content (AvgIpc) is 2.25. The summed E-state index contributed by atoms with van der Waals surface area (Å²) in [6, 6.07) is 8.46. The zero-order chi connectivity index (χ0) is 10.2. The van der Waals surface area contributed by atoms with Gasteiger partial charge in [0.2, 0.25) is 0 Å². The minimum atomic E-state index is 0.658. The number of benzene rings is 1. The van der Waals surface area contributed by atoms with Crippen molar-refractivity contribution in [3.63, 3.8) is 0 Å². The topological polar surface area (TPSA) is 26.0 Å². The van der Waals surface area contributed by atoms with Gasteiger partial charge in [-0.25, -0.2) is 0 Å². The fourth-order valence-corrected chi connectivity index (χ4v) is 1.67. The number of rotatable bonds is 6. The van der Waals surface area contributed by atoms with Crippen molar-refractivity contribution < 1.29 is 0 Å². The third-order valence-corrected chi connectivity index (χ3v) is 2.53. The van der Waals surface area contributed by atoms with E-state index in [9.17, 15) is 0 Å². The lowest BCUT2D eigenvalue weighted by Crippen LogP contribution is -2.01. The zero-order valence-electron chi connectivity index (χ0n) is 8.84. The molecule has 0 aliphatic heterocycles. The van der Waals surface area contributed by atoms with Crippen LogP contribution in [-0.4, -0.2) is 0 Å². The zero-order valence-corrected chi connectivity index (χ0v) is 8.84. The van der Waals surface area contributed by atoms with Crippen molar-refractivity contribution in [1.29, 1.82) is 0 Å². The van der Waals surface area contributed by atoms with Gasteiger partial charge in [0.05, 0.1) is 0 Å². The van der Waals surface area contributed by atoms with E-state index >= 15 is 0 Å². The normalized spacial score (nSPS) is 10.4. The van der Waals surface area contributed by atoms with Crippen LogP contribution in [-0.2, 0) is 13.0 Å². The van der Waals surface area contributed by atoms with E-state index in [1.807, 2.05) is 0 Å². The summed E-state index contributed by atoms with van der Waals surface area (Å²) in [5.74, 6) is 0. The Hall–Kier alpha value is -0.820. The number of unbranched alkanes of at least 4 members (excludes halogenated alkanes) is 3. The Kier molecular flexibility index (Phi) is 5.31. The van der Waals surface area contributed by atoms with Gasteiger partial charge in [0.15, 0.2) is 0 Å². The highest BCUT2D eigenvalue weighted by Gasteiger charge is 1.98. The lowest BCUT2D eigenvalue weighted by atomic mass is 10.0. The van der Waals surface area contributed by atoms with Crippen molar-refractivity contribution in [2.45, 2.75) is 38.6 Å².